The summed E-state index contributed by atoms with van der Waals surface area (Å²) in [4.78, 5) is 26.7. The minimum atomic E-state index is -0.179. The molecule has 1 fully saturated rings. The first-order chi connectivity index (χ1) is 14.6. The molecule has 2 aromatic rings. The zero-order valence-corrected chi connectivity index (χ0v) is 17.4. The molecular formula is C23H28N2O5. The van der Waals surface area contributed by atoms with Gasteiger partial charge < -0.3 is 24.4 Å². The molecule has 30 heavy (non-hydrogen) atoms. The lowest BCUT2D eigenvalue weighted by atomic mass is 10.0. The maximum absolute atomic E-state index is 12.6. The van der Waals surface area contributed by atoms with Crippen LogP contribution < -0.4 is 19.5 Å². The molecule has 7 nitrogen and oxygen atoms in total. The van der Waals surface area contributed by atoms with Gasteiger partial charge in [0, 0.05) is 24.7 Å². The lowest BCUT2D eigenvalue weighted by Crippen LogP contribution is -2.47. The van der Waals surface area contributed by atoms with Gasteiger partial charge in [-0.25, -0.2) is 0 Å². The number of ether oxygens (including phenoxy) is 3. The second-order valence-electron chi connectivity index (χ2n) is 7.03. The quantitative estimate of drug-likeness (QED) is 0.721. The van der Waals surface area contributed by atoms with E-state index in [0.29, 0.717) is 49.6 Å². The topological polar surface area (TPSA) is 77.1 Å². The van der Waals surface area contributed by atoms with Crippen LogP contribution >= 0.6 is 0 Å². The molecule has 0 saturated carbocycles. The summed E-state index contributed by atoms with van der Waals surface area (Å²) in [7, 11) is 1.60. The van der Waals surface area contributed by atoms with Gasteiger partial charge in [0.2, 0.25) is 0 Å². The molecule has 1 aliphatic heterocycles. The summed E-state index contributed by atoms with van der Waals surface area (Å²) in [5, 5.41) is 3.00. The Morgan fingerprint density at radius 1 is 1.00 bits per heavy atom. The Hall–Kier alpha value is -3.22. The minimum absolute atomic E-state index is 0.00158. The van der Waals surface area contributed by atoms with Crippen molar-refractivity contribution in [2.45, 2.75) is 25.8 Å². The van der Waals surface area contributed by atoms with Crippen molar-refractivity contribution < 1.29 is 23.8 Å². The Morgan fingerprint density at radius 2 is 1.63 bits per heavy atom. The van der Waals surface area contributed by atoms with Crippen LogP contribution in [0.1, 0.15) is 30.1 Å². The molecule has 3 rings (SSSR count). The van der Waals surface area contributed by atoms with Crippen LogP contribution in [0.15, 0.2) is 48.5 Å². The summed E-state index contributed by atoms with van der Waals surface area (Å²) >= 11 is 0. The smallest absolute Gasteiger partial charge is 0.258 e. The van der Waals surface area contributed by atoms with E-state index in [1.807, 2.05) is 30.0 Å². The van der Waals surface area contributed by atoms with Crippen molar-refractivity contribution >= 4 is 11.8 Å². The number of likely N-dealkylation sites (tertiary alicyclic amines) is 1. The van der Waals surface area contributed by atoms with Crippen molar-refractivity contribution in [3.63, 3.8) is 0 Å². The Labute approximate surface area is 176 Å². The first-order valence-corrected chi connectivity index (χ1v) is 10.2. The number of carbonyl (C=O) groups is 2. The van der Waals surface area contributed by atoms with E-state index in [-0.39, 0.29) is 24.5 Å². The molecule has 1 heterocycles. The van der Waals surface area contributed by atoms with Gasteiger partial charge in [0.1, 0.15) is 5.75 Å². The Kier molecular flexibility index (Phi) is 7.54. The normalized spacial score (nSPS) is 14.1. The van der Waals surface area contributed by atoms with Gasteiger partial charge in [-0.1, -0.05) is 12.1 Å². The van der Waals surface area contributed by atoms with E-state index >= 15 is 0 Å². The monoisotopic (exact) mass is 412 g/mol. The van der Waals surface area contributed by atoms with Crippen molar-refractivity contribution in [1.29, 1.82) is 0 Å². The summed E-state index contributed by atoms with van der Waals surface area (Å²) in [5.74, 6) is 1.71. The first kappa shape index (κ1) is 21.5. The van der Waals surface area contributed by atoms with E-state index in [1.54, 1.807) is 37.4 Å². The Bertz CT molecular complexity index is 845. The third-order valence-electron chi connectivity index (χ3n) is 4.99. The first-order valence-electron chi connectivity index (χ1n) is 10.2. The highest BCUT2D eigenvalue weighted by atomic mass is 16.5. The third kappa shape index (κ3) is 5.65. The fraction of sp³-hybridized carbons (Fsp3) is 0.391. The van der Waals surface area contributed by atoms with Crippen LogP contribution in [-0.4, -0.2) is 56.2 Å². The van der Waals surface area contributed by atoms with Gasteiger partial charge in [-0.05, 0) is 56.2 Å². The number of benzene rings is 2. The molecule has 0 unspecified atom stereocenters. The lowest BCUT2D eigenvalue weighted by Gasteiger charge is -2.32. The number of methoxy groups -OCH3 is 1. The van der Waals surface area contributed by atoms with Crippen molar-refractivity contribution in [2.24, 2.45) is 0 Å². The fourth-order valence-corrected chi connectivity index (χ4v) is 3.40. The summed E-state index contributed by atoms with van der Waals surface area (Å²) in [6.07, 6.45) is 1.42. The summed E-state index contributed by atoms with van der Waals surface area (Å²) in [5.41, 5.74) is 0.639. The van der Waals surface area contributed by atoms with Gasteiger partial charge in [0.25, 0.3) is 11.8 Å². The molecule has 7 heteroatoms. The molecule has 0 radical (unpaired) electrons. The zero-order valence-electron chi connectivity index (χ0n) is 17.4. The SMILES string of the molecule is CCOc1ccccc1OCC(=O)NC1CCN(C(=O)c2ccc(OC)cc2)CC1. The summed E-state index contributed by atoms with van der Waals surface area (Å²) in [6, 6.07) is 14.4. The number of amides is 2. The summed E-state index contributed by atoms with van der Waals surface area (Å²) in [6.45, 7) is 3.55. The second-order valence-corrected chi connectivity index (χ2v) is 7.03. The van der Waals surface area contributed by atoms with Gasteiger partial charge in [0.05, 0.1) is 13.7 Å². The number of nitrogens with one attached hydrogen (secondary N) is 1. The van der Waals surface area contributed by atoms with Crippen LogP contribution in [0.5, 0.6) is 17.2 Å². The molecule has 1 N–H and O–H groups in total. The van der Waals surface area contributed by atoms with Gasteiger partial charge >= 0.3 is 0 Å². The molecule has 0 spiro atoms. The molecular weight excluding hydrogens is 384 g/mol. The predicted molar refractivity (Wildman–Crippen MR) is 113 cm³/mol. The fourth-order valence-electron chi connectivity index (χ4n) is 3.40. The van der Waals surface area contributed by atoms with Gasteiger partial charge in [-0.3, -0.25) is 9.59 Å². The highest BCUT2D eigenvalue weighted by molar-refractivity contribution is 5.94. The standard InChI is InChI=1S/C23H28N2O5/c1-3-29-20-6-4-5-7-21(20)30-16-22(26)24-18-12-14-25(15-13-18)23(27)17-8-10-19(28-2)11-9-17/h4-11,18H,3,12-16H2,1-2H3,(H,24,26). The zero-order chi connectivity index (χ0) is 21.3. The maximum Gasteiger partial charge on any atom is 0.258 e. The number of piperidine rings is 1. The van der Waals surface area contributed by atoms with E-state index in [0.717, 1.165) is 5.75 Å². The number of hydrogen-bond acceptors (Lipinski definition) is 5. The maximum atomic E-state index is 12.6. The molecule has 160 valence electrons. The van der Waals surface area contributed by atoms with Crippen LogP contribution in [0, 0.1) is 0 Å². The number of nitrogens with zero attached hydrogens (tertiary/aromatic N) is 1. The Balaban J connectivity index is 1.44. The largest absolute Gasteiger partial charge is 0.497 e. The van der Waals surface area contributed by atoms with Crippen molar-refractivity contribution in [1.82, 2.24) is 10.2 Å². The van der Waals surface area contributed by atoms with E-state index in [9.17, 15) is 9.59 Å². The van der Waals surface area contributed by atoms with E-state index in [2.05, 4.69) is 5.32 Å². The molecule has 2 aromatic carbocycles. The van der Waals surface area contributed by atoms with Crippen molar-refractivity contribution in [2.75, 3.05) is 33.4 Å². The van der Waals surface area contributed by atoms with Crippen molar-refractivity contribution in [3.8, 4) is 17.2 Å². The molecule has 0 aromatic heterocycles. The van der Waals surface area contributed by atoms with Crippen LogP contribution in [-0.2, 0) is 4.79 Å². The van der Waals surface area contributed by atoms with Crippen molar-refractivity contribution in [3.05, 3.63) is 54.1 Å². The van der Waals surface area contributed by atoms with Gasteiger partial charge in [0.15, 0.2) is 18.1 Å². The predicted octanol–water partition coefficient (Wildman–Crippen LogP) is 2.89. The van der Waals surface area contributed by atoms with Crippen LogP contribution in [0.3, 0.4) is 0 Å². The number of rotatable bonds is 8. The van der Waals surface area contributed by atoms with E-state index in [4.69, 9.17) is 14.2 Å². The highest BCUT2D eigenvalue weighted by Gasteiger charge is 2.24. The van der Waals surface area contributed by atoms with Gasteiger partial charge in [-0.15, -0.1) is 0 Å². The van der Waals surface area contributed by atoms with Crippen LogP contribution in [0.4, 0.5) is 0 Å². The number of para-hydroxylation sites is 2. The minimum Gasteiger partial charge on any atom is -0.497 e. The molecule has 1 saturated heterocycles. The summed E-state index contributed by atoms with van der Waals surface area (Å²) < 4.78 is 16.2. The molecule has 2 amide bonds. The van der Waals surface area contributed by atoms with Gasteiger partial charge in [-0.2, -0.15) is 0 Å². The number of carbonyl (C=O) groups excluding carboxylic acids is 2. The van der Waals surface area contributed by atoms with E-state index in [1.165, 1.54) is 0 Å². The third-order valence-corrected chi connectivity index (χ3v) is 4.99. The average molecular weight is 412 g/mol. The molecule has 0 atom stereocenters. The van der Waals surface area contributed by atoms with E-state index < -0.39 is 0 Å². The molecule has 0 bridgehead atoms. The van der Waals surface area contributed by atoms with Crippen LogP contribution in [0.25, 0.3) is 0 Å². The second kappa shape index (κ2) is 10.5. The number of hydrogen-bond donors (Lipinski definition) is 1. The molecule has 1 aliphatic rings. The average Bonchev–Trinajstić information content (AvgIpc) is 2.79. The lowest BCUT2D eigenvalue weighted by molar-refractivity contribution is -0.124. The van der Waals surface area contributed by atoms with Crippen LogP contribution in [0.2, 0.25) is 0 Å². The highest BCUT2D eigenvalue weighted by Crippen LogP contribution is 2.26. The molecule has 0 aliphatic carbocycles. The Morgan fingerprint density at radius 3 is 2.23 bits per heavy atom.